The van der Waals surface area contributed by atoms with Gasteiger partial charge in [-0.2, -0.15) is 5.10 Å². The number of ether oxygens (including phenoxy) is 1. The second kappa shape index (κ2) is 8.05. The van der Waals surface area contributed by atoms with Crippen LogP contribution in [0.15, 0.2) is 35.4 Å². The van der Waals surface area contributed by atoms with Gasteiger partial charge in [0, 0.05) is 36.0 Å². The molecule has 0 aliphatic carbocycles. The number of pyridine rings is 1. The average molecular weight is 458 g/mol. The van der Waals surface area contributed by atoms with Crippen molar-refractivity contribution < 1.29 is 23.7 Å². The van der Waals surface area contributed by atoms with E-state index in [1.807, 2.05) is 23.3 Å². The van der Waals surface area contributed by atoms with Crippen LogP contribution in [0.2, 0.25) is 0 Å². The van der Waals surface area contributed by atoms with Gasteiger partial charge < -0.3 is 19.5 Å². The third-order valence-corrected chi connectivity index (χ3v) is 6.35. The van der Waals surface area contributed by atoms with Gasteiger partial charge in [0.2, 0.25) is 5.43 Å². The number of benzene rings is 1. The molecule has 8 nitrogen and oxygen atoms in total. The summed E-state index contributed by atoms with van der Waals surface area (Å²) in [5.41, 5.74) is 1.02. The number of halogens is 2. The van der Waals surface area contributed by atoms with E-state index in [0.717, 1.165) is 6.07 Å². The molecule has 0 bridgehead atoms. The number of aromatic hydroxyl groups is 1. The fraction of sp³-hybridized carbons (Fsp3) is 0.391. The number of rotatable bonds is 4. The van der Waals surface area contributed by atoms with E-state index in [2.05, 4.69) is 5.10 Å². The molecule has 3 aromatic rings. The zero-order chi connectivity index (χ0) is 23.4. The van der Waals surface area contributed by atoms with Crippen molar-refractivity contribution in [2.24, 2.45) is 0 Å². The predicted molar refractivity (Wildman–Crippen MR) is 115 cm³/mol. The van der Waals surface area contributed by atoms with Crippen molar-refractivity contribution in [1.29, 1.82) is 0 Å². The molecule has 2 aromatic heterocycles. The van der Waals surface area contributed by atoms with Crippen molar-refractivity contribution in [3.05, 3.63) is 69.4 Å². The zero-order valence-corrected chi connectivity index (χ0v) is 18.2. The lowest BCUT2D eigenvalue weighted by atomic mass is 9.98. The molecule has 2 aliphatic heterocycles. The van der Waals surface area contributed by atoms with Crippen LogP contribution in [0.3, 0.4) is 0 Å². The molecule has 10 heteroatoms. The SMILES string of the molecule is CC(C)N1C[C@@H]2COCc3c(-c4cnn(Cc5ccc(F)cc5F)c4)c(=O)c(O)c(n32)C1O. The Bertz CT molecular complexity index is 1290. The number of aliphatic hydroxyl groups excluding tert-OH is 1. The maximum absolute atomic E-state index is 14.1. The Morgan fingerprint density at radius 2 is 2.09 bits per heavy atom. The molecule has 1 aromatic carbocycles. The van der Waals surface area contributed by atoms with Crippen LogP contribution < -0.4 is 5.43 Å². The summed E-state index contributed by atoms with van der Waals surface area (Å²) in [6.07, 6.45) is 1.92. The van der Waals surface area contributed by atoms with E-state index >= 15 is 0 Å². The van der Waals surface area contributed by atoms with Gasteiger partial charge in [0.05, 0.1) is 43.3 Å². The zero-order valence-electron chi connectivity index (χ0n) is 18.2. The van der Waals surface area contributed by atoms with Gasteiger partial charge in [-0.25, -0.2) is 8.78 Å². The summed E-state index contributed by atoms with van der Waals surface area (Å²) in [5.74, 6) is -1.86. The molecule has 5 rings (SSSR count). The first-order valence-electron chi connectivity index (χ1n) is 10.7. The van der Waals surface area contributed by atoms with Gasteiger partial charge in [0.15, 0.2) is 12.0 Å². The highest BCUT2D eigenvalue weighted by Crippen LogP contribution is 2.40. The highest BCUT2D eigenvalue weighted by molar-refractivity contribution is 5.67. The van der Waals surface area contributed by atoms with Crippen LogP contribution in [0, 0.1) is 11.6 Å². The predicted octanol–water partition coefficient (Wildman–Crippen LogP) is 2.53. The second-order valence-corrected chi connectivity index (χ2v) is 8.75. The molecule has 0 saturated heterocycles. The maximum Gasteiger partial charge on any atom is 0.231 e. The summed E-state index contributed by atoms with van der Waals surface area (Å²) in [7, 11) is 0. The van der Waals surface area contributed by atoms with Crippen molar-refractivity contribution in [2.45, 2.75) is 45.3 Å². The van der Waals surface area contributed by atoms with Gasteiger partial charge in [0.1, 0.15) is 17.3 Å². The van der Waals surface area contributed by atoms with Crippen LogP contribution in [0.4, 0.5) is 8.78 Å². The molecule has 0 radical (unpaired) electrons. The maximum atomic E-state index is 14.1. The Morgan fingerprint density at radius 3 is 2.82 bits per heavy atom. The monoisotopic (exact) mass is 458 g/mol. The van der Waals surface area contributed by atoms with E-state index in [1.165, 1.54) is 23.0 Å². The Balaban J connectivity index is 1.59. The molecule has 1 unspecified atom stereocenters. The number of aromatic nitrogens is 3. The van der Waals surface area contributed by atoms with Crippen molar-refractivity contribution >= 4 is 0 Å². The van der Waals surface area contributed by atoms with Gasteiger partial charge in [-0.3, -0.25) is 14.4 Å². The first kappa shape index (κ1) is 21.7. The Labute approximate surface area is 188 Å². The highest BCUT2D eigenvalue weighted by atomic mass is 19.1. The fourth-order valence-corrected chi connectivity index (χ4v) is 4.75. The summed E-state index contributed by atoms with van der Waals surface area (Å²) >= 11 is 0. The molecule has 4 heterocycles. The minimum atomic E-state index is -1.12. The van der Waals surface area contributed by atoms with Gasteiger partial charge in [0.25, 0.3) is 0 Å². The summed E-state index contributed by atoms with van der Waals surface area (Å²) < 4.78 is 36.3. The molecular formula is C23H24F2N4O4. The van der Waals surface area contributed by atoms with E-state index < -0.39 is 29.0 Å². The van der Waals surface area contributed by atoms with Crippen molar-refractivity contribution in [2.75, 3.05) is 13.2 Å². The van der Waals surface area contributed by atoms with Crippen molar-refractivity contribution in [3.8, 4) is 16.9 Å². The third kappa shape index (κ3) is 3.54. The minimum absolute atomic E-state index is 0.00149. The lowest BCUT2D eigenvalue weighted by Crippen LogP contribution is -2.49. The minimum Gasteiger partial charge on any atom is -0.503 e. The molecule has 2 atom stereocenters. The Hall–Kier alpha value is -3.08. The van der Waals surface area contributed by atoms with E-state index in [-0.39, 0.29) is 42.1 Å². The van der Waals surface area contributed by atoms with E-state index in [4.69, 9.17) is 4.74 Å². The summed E-state index contributed by atoms with van der Waals surface area (Å²) in [5, 5.41) is 26.0. The van der Waals surface area contributed by atoms with E-state index in [1.54, 1.807) is 6.20 Å². The average Bonchev–Trinajstić information content (AvgIpc) is 3.22. The fourth-order valence-electron chi connectivity index (χ4n) is 4.75. The standard InChI is InChI=1S/C23H24F2N4O4/c1-12(2)28-9-16-10-33-11-18-19(21(30)22(31)20(23(28)32)29(16)18)14-6-26-27(8-14)7-13-3-4-15(24)5-17(13)25/h3-6,8,12,16,23,31-32H,7,9-11H2,1-2H3/t16-,23?/m1/s1. The van der Waals surface area contributed by atoms with Crippen LogP contribution in [-0.4, -0.2) is 48.7 Å². The first-order chi connectivity index (χ1) is 15.8. The van der Waals surface area contributed by atoms with Crippen LogP contribution in [0.1, 0.15) is 43.1 Å². The second-order valence-electron chi connectivity index (χ2n) is 8.75. The van der Waals surface area contributed by atoms with Gasteiger partial charge >= 0.3 is 0 Å². The number of hydrogen-bond acceptors (Lipinski definition) is 6. The molecule has 0 saturated carbocycles. The molecule has 0 amide bonds. The highest BCUT2D eigenvalue weighted by Gasteiger charge is 2.40. The molecule has 2 N–H and O–H groups in total. The Kier molecular flexibility index (Phi) is 5.31. The quantitative estimate of drug-likeness (QED) is 0.624. The van der Waals surface area contributed by atoms with Crippen LogP contribution in [0.5, 0.6) is 5.75 Å². The molecule has 0 spiro atoms. The molecule has 33 heavy (non-hydrogen) atoms. The van der Waals surface area contributed by atoms with E-state index in [9.17, 15) is 23.8 Å². The smallest absolute Gasteiger partial charge is 0.231 e. The largest absolute Gasteiger partial charge is 0.503 e. The number of nitrogens with zero attached hydrogens (tertiary/aromatic N) is 4. The van der Waals surface area contributed by atoms with Crippen LogP contribution >= 0.6 is 0 Å². The Morgan fingerprint density at radius 1 is 1.30 bits per heavy atom. The molecule has 174 valence electrons. The summed E-state index contributed by atoms with van der Waals surface area (Å²) in [6, 6.07) is 3.14. The van der Waals surface area contributed by atoms with Crippen LogP contribution in [-0.2, 0) is 17.9 Å². The van der Waals surface area contributed by atoms with Crippen LogP contribution in [0.25, 0.3) is 11.1 Å². The molecule has 2 aliphatic rings. The topological polar surface area (TPSA) is 92.8 Å². The number of aliphatic hydroxyl groups is 1. The summed E-state index contributed by atoms with van der Waals surface area (Å²) in [6.45, 7) is 4.95. The first-order valence-corrected chi connectivity index (χ1v) is 10.7. The van der Waals surface area contributed by atoms with Gasteiger partial charge in [-0.05, 0) is 19.9 Å². The van der Waals surface area contributed by atoms with Crippen molar-refractivity contribution in [1.82, 2.24) is 19.2 Å². The lowest BCUT2D eigenvalue weighted by Gasteiger charge is -2.45. The van der Waals surface area contributed by atoms with E-state index in [0.29, 0.717) is 24.4 Å². The summed E-state index contributed by atoms with van der Waals surface area (Å²) in [4.78, 5) is 15.1. The third-order valence-electron chi connectivity index (χ3n) is 6.35. The van der Waals surface area contributed by atoms with Crippen molar-refractivity contribution in [3.63, 3.8) is 0 Å². The molecule has 0 fully saturated rings. The number of hydrogen-bond donors (Lipinski definition) is 2. The lowest BCUT2D eigenvalue weighted by molar-refractivity contribution is -0.0751. The normalized spacial score (nSPS) is 20.3. The van der Waals surface area contributed by atoms with Gasteiger partial charge in [-0.15, -0.1) is 0 Å². The van der Waals surface area contributed by atoms with Gasteiger partial charge in [-0.1, -0.05) is 6.07 Å². The molecular weight excluding hydrogens is 434 g/mol.